The number of carbonyl (C=O) groups excluding carboxylic acids is 1. The molecule has 0 N–H and O–H groups in total. The number of carbonyl (C=O) groups is 1. The smallest absolute Gasteiger partial charge is 0.368 e. The minimum Gasteiger partial charge on any atom is -0.368 e. The van der Waals surface area contributed by atoms with E-state index in [-0.39, 0.29) is 28.6 Å². The third-order valence-electron chi connectivity index (χ3n) is 5.52. The second-order valence-electron chi connectivity index (χ2n) is 7.39. The minimum absolute atomic E-state index is 0.0823. The number of pyridine rings is 1. The Labute approximate surface area is 160 Å². The molecule has 152 valence electrons. The molecule has 4 rings (SSSR count). The molecule has 2 fully saturated rings. The zero-order chi connectivity index (χ0) is 19.9. The van der Waals surface area contributed by atoms with Crippen LogP contribution in [0, 0.1) is 0 Å². The summed E-state index contributed by atoms with van der Waals surface area (Å²) < 4.78 is 51.7. The summed E-state index contributed by atoms with van der Waals surface area (Å²) in [6.07, 6.45) is -1.73. The lowest BCUT2D eigenvalue weighted by Gasteiger charge is -2.33. The first-order valence-electron chi connectivity index (χ1n) is 9.65. The average molecular weight is 397 g/mol. The number of aromatic nitrogens is 2. The fourth-order valence-corrected chi connectivity index (χ4v) is 4.08. The van der Waals surface area contributed by atoms with Crippen LogP contribution in [0.15, 0.2) is 10.6 Å². The van der Waals surface area contributed by atoms with E-state index in [1.165, 1.54) is 0 Å². The quantitative estimate of drug-likeness (QED) is 0.790. The van der Waals surface area contributed by atoms with Gasteiger partial charge in [0.15, 0.2) is 0 Å². The van der Waals surface area contributed by atoms with Gasteiger partial charge in [-0.2, -0.15) is 13.2 Å². The number of rotatable bonds is 3. The topological polar surface area (TPSA) is 68.5 Å². The molecule has 2 atom stereocenters. The molecule has 6 nitrogen and oxygen atoms in total. The van der Waals surface area contributed by atoms with Crippen molar-refractivity contribution in [2.75, 3.05) is 19.7 Å². The number of aryl methyl sites for hydroxylation is 1. The highest BCUT2D eigenvalue weighted by Gasteiger charge is 2.39. The van der Waals surface area contributed by atoms with Crippen LogP contribution in [-0.4, -0.2) is 46.7 Å². The van der Waals surface area contributed by atoms with E-state index in [2.05, 4.69) is 10.1 Å². The fourth-order valence-electron chi connectivity index (χ4n) is 4.08. The maximum atomic E-state index is 13.7. The van der Waals surface area contributed by atoms with Crippen molar-refractivity contribution in [2.24, 2.45) is 0 Å². The van der Waals surface area contributed by atoms with Crippen LogP contribution in [0.5, 0.6) is 0 Å². The fraction of sp³-hybridized carbons (Fsp3) is 0.632. The number of halogens is 3. The highest BCUT2D eigenvalue weighted by atomic mass is 19.4. The van der Waals surface area contributed by atoms with E-state index < -0.39 is 17.8 Å². The number of ether oxygens (including phenoxy) is 1. The molecule has 0 aliphatic carbocycles. The van der Waals surface area contributed by atoms with Crippen LogP contribution < -0.4 is 0 Å². The van der Waals surface area contributed by atoms with Gasteiger partial charge >= 0.3 is 6.18 Å². The van der Waals surface area contributed by atoms with Gasteiger partial charge in [0.05, 0.1) is 16.6 Å². The monoisotopic (exact) mass is 397 g/mol. The maximum absolute atomic E-state index is 13.7. The number of piperidine rings is 1. The van der Waals surface area contributed by atoms with E-state index in [0.29, 0.717) is 51.1 Å². The predicted octanol–water partition coefficient (Wildman–Crippen LogP) is 3.69. The first-order chi connectivity index (χ1) is 13.4. The molecule has 28 heavy (non-hydrogen) atoms. The molecule has 0 unspecified atom stereocenters. The van der Waals surface area contributed by atoms with Crippen molar-refractivity contribution in [2.45, 2.75) is 57.2 Å². The molecule has 0 radical (unpaired) electrons. The first-order valence-corrected chi connectivity index (χ1v) is 9.65. The van der Waals surface area contributed by atoms with Gasteiger partial charge < -0.3 is 14.2 Å². The van der Waals surface area contributed by atoms with E-state index in [9.17, 15) is 18.0 Å². The van der Waals surface area contributed by atoms with Gasteiger partial charge in [-0.15, -0.1) is 0 Å². The van der Waals surface area contributed by atoms with Crippen molar-refractivity contribution in [3.8, 4) is 0 Å². The molecule has 9 heteroatoms. The van der Waals surface area contributed by atoms with Gasteiger partial charge in [0, 0.05) is 31.3 Å². The maximum Gasteiger partial charge on any atom is 0.417 e. The standard InChI is InChI=1S/C19H22F3N3O3/c1-2-12-9-13(19(20,21)22)15-16(24-28-17(15)23-12)11-5-3-7-25(10-11)18(26)14-6-4-8-27-14/h9,11,14H,2-8,10H2,1H3/t11-,14+/m1/s1. The van der Waals surface area contributed by atoms with E-state index >= 15 is 0 Å². The Morgan fingerprint density at radius 2 is 2.14 bits per heavy atom. The second-order valence-corrected chi connectivity index (χ2v) is 7.39. The van der Waals surface area contributed by atoms with Gasteiger partial charge in [0.25, 0.3) is 11.6 Å². The van der Waals surface area contributed by atoms with Crippen molar-refractivity contribution in [3.05, 3.63) is 23.0 Å². The Hall–Kier alpha value is -2.16. The molecule has 0 spiro atoms. The summed E-state index contributed by atoms with van der Waals surface area (Å²) in [4.78, 5) is 18.5. The lowest BCUT2D eigenvalue weighted by atomic mass is 9.91. The Balaban J connectivity index is 1.67. The first kappa shape index (κ1) is 19.2. The highest BCUT2D eigenvalue weighted by Crippen LogP contribution is 2.40. The molecule has 0 bridgehead atoms. The van der Waals surface area contributed by atoms with Crippen LogP contribution in [0.2, 0.25) is 0 Å². The number of hydrogen-bond acceptors (Lipinski definition) is 5. The van der Waals surface area contributed by atoms with Gasteiger partial charge in [-0.1, -0.05) is 12.1 Å². The van der Waals surface area contributed by atoms with Gasteiger partial charge in [-0.25, -0.2) is 4.98 Å². The van der Waals surface area contributed by atoms with Gasteiger partial charge in [-0.3, -0.25) is 4.79 Å². The SMILES string of the molecule is CCc1cc(C(F)(F)F)c2c([C@@H]3CCCN(C(=O)[C@@H]4CCCO4)C3)noc2n1. The summed E-state index contributed by atoms with van der Waals surface area (Å²) in [6.45, 7) is 3.20. The third kappa shape index (κ3) is 3.47. The molecule has 4 heterocycles. The van der Waals surface area contributed by atoms with Crippen LogP contribution in [-0.2, 0) is 22.1 Å². The molecule has 0 aromatic carbocycles. The summed E-state index contributed by atoms with van der Waals surface area (Å²) in [5.74, 6) is -0.409. The molecule has 2 aliphatic rings. The largest absolute Gasteiger partial charge is 0.417 e. The van der Waals surface area contributed by atoms with Crippen molar-refractivity contribution < 1.29 is 27.2 Å². The summed E-state index contributed by atoms with van der Waals surface area (Å²) in [5.41, 5.74) is -0.318. The molecular weight excluding hydrogens is 375 g/mol. The number of hydrogen-bond donors (Lipinski definition) is 0. The second kappa shape index (κ2) is 7.35. The molecule has 0 saturated carbocycles. The van der Waals surface area contributed by atoms with Crippen molar-refractivity contribution >= 4 is 17.0 Å². The molecule has 1 amide bonds. The van der Waals surface area contributed by atoms with Crippen LogP contribution in [0.4, 0.5) is 13.2 Å². The number of likely N-dealkylation sites (tertiary alicyclic amines) is 1. The summed E-state index contributed by atoms with van der Waals surface area (Å²) in [7, 11) is 0. The van der Waals surface area contributed by atoms with E-state index in [1.807, 2.05) is 0 Å². The minimum atomic E-state index is -4.53. The zero-order valence-corrected chi connectivity index (χ0v) is 15.6. The summed E-state index contributed by atoms with van der Waals surface area (Å²) >= 11 is 0. The Bertz CT molecular complexity index is 874. The summed E-state index contributed by atoms with van der Waals surface area (Å²) in [6, 6.07) is 1.07. The lowest BCUT2D eigenvalue weighted by Crippen LogP contribution is -2.44. The Morgan fingerprint density at radius 3 is 2.82 bits per heavy atom. The van der Waals surface area contributed by atoms with Crippen LogP contribution in [0.3, 0.4) is 0 Å². The predicted molar refractivity (Wildman–Crippen MR) is 93.7 cm³/mol. The third-order valence-corrected chi connectivity index (χ3v) is 5.52. The lowest BCUT2D eigenvalue weighted by molar-refractivity contribution is -0.142. The number of fused-ring (bicyclic) bond motifs is 1. The average Bonchev–Trinajstić information content (AvgIpc) is 3.35. The normalized spacial score (nSPS) is 23.5. The van der Waals surface area contributed by atoms with Gasteiger partial charge in [-0.05, 0) is 38.2 Å². The number of nitrogens with zero attached hydrogens (tertiary/aromatic N) is 3. The van der Waals surface area contributed by atoms with Crippen LogP contribution in [0.1, 0.15) is 55.5 Å². The molecule has 2 aromatic heterocycles. The zero-order valence-electron chi connectivity index (χ0n) is 15.6. The Kier molecular flexibility index (Phi) is 5.03. The molecule has 2 aromatic rings. The highest BCUT2D eigenvalue weighted by molar-refractivity contribution is 5.83. The molecular formula is C19H22F3N3O3. The van der Waals surface area contributed by atoms with Crippen LogP contribution in [0.25, 0.3) is 11.1 Å². The van der Waals surface area contributed by atoms with E-state index in [0.717, 1.165) is 12.5 Å². The van der Waals surface area contributed by atoms with Crippen LogP contribution >= 0.6 is 0 Å². The van der Waals surface area contributed by atoms with Gasteiger partial charge in [0.1, 0.15) is 6.10 Å². The van der Waals surface area contributed by atoms with Gasteiger partial charge in [0.2, 0.25) is 0 Å². The van der Waals surface area contributed by atoms with E-state index in [1.54, 1.807) is 11.8 Å². The van der Waals surface area contributed by atoms with Crippen molar-refractivity contribution in [1.29, 1.82) is 0 Å². The van der Waals surface area contributed by atoms with Crippen molar-refractivity contribution in [1.82, 2.24) is 15.0 Å². The molecule has 2 aliphatic heterocycles. The summed E-state index contributed by atoms with van der Waals surface area (Å²) in [5, 5.41) is 3.87. The van der Waals surface area contributed by atoms with Crippen molar-refractivity contribution in [3.63, 3.8) is 0 Å². The Morgan fingerprint density at radius 1 is 1.32 bits per heavy atom. The van der Waals surface area contributed by atoms with E-state index in [4.69, 9.17) is 9.26 Å². The number of amides is 1. The molecule has 2 saturated heterocycles. The number of alkyl halides is 3.